The fourth-order valence-corrected chi connectivity index (χ4v) is 3.38. The van der Waals surface area contributed by atoms with Gasteiger partial charge in [0.2, 0.25) is 0 Å². The molecule has 1 N–H and O–H groups in total. The summed E-state index contributed by atoms with van der Waals surface area (Å²) >= 11 is 0.663. The number of allylic oxidation sites excluding steroid dienone is 1. The lowest BCUT2D eigenvalue weighted by molar-refractivity contribution is -0.146. The summed E-state index contributed by atoms with van der Waals surface area (Å²) in [5.41, 5.74) is 0. The molecule has 13 heteroatoms. The minimum absolute atomic E-state index is 0.0189. The maximum atomic E-state index is 12.5. The lowest BCUT2D eigenvalue weighted by Gasteiger charge is -2.31. The number of ether oxygens (including phenoxy) is 5. The first-order valence-electron chi connectivity index (χ1n) is 9.72. The van der Waals surface area contributed by atoms with Crippen LogP contribution in [0.1, 0.15) is 39.2 Å². The molecule has 0 aliphatic carbocycles. The average Bonchev–Trinajstić information content (AvgIpc) is 3.21. The van der Waals surface area contributed by atoms with Gasteiger partial charge in [-0.3, -0.25) is 0 Å². The maximum Gasteiger partial charge on any atom is 0.519 e. The molecule has 1 aromatic heterocycles. The molecule has 0 unspecified atom stereocenters. The minimum Gasteiger partial charge on any atom is -0.464 e. The highest BCUT2D eigenvalue weighted by molar-refractivity contribution is 8.14. The molecule has 0 saturated carbocycles. The molecule has 1 aliphatic rings. The highest BCUT2D eigenvalue weighted by Gasteiger charge is 2.41. The molecule has 0 bridgehead atoms. The number of alkyl carbamates (subject to hydrolysis) is 1. The zero-order valence-corrected chi connectivity index (χ0v) is 19.6. The van der Waals surface area contributed by atoms with Crippen LogP contribution in [0.25, 0.3) is 0 Å². The first-order valence-corrected chi connectivity index (χ1v) is 10.5. The van der Waals surface area contributed by atoms with Crippen LogP contribution < -0.4 is 11.1 Å². The van der Waals surface area contributed by atoms with Gasteiger partial charge in [-0.2, -0.15) is 0 Å². The van der Waals surface area contributed by atoms with E-state index in [4.69, 9.17) is 28.1 Å². The van der Waals surface area contributed by atoms with Gasteiger partial charge < -0.3 is 37.8 Å². The molecular weight excluding hydrogens is 462 g/mol. The third-order valence-corrected chi connectivity index (χ3v) is 5.26. The third-order valence-electron chi connectivity index (χ3n) is 4.21. The van der Waals surface area contributed by atoms with Gasteiger partial charge in [0, 0.05) is 0 Å². The van der Waals surface area contributed by atoms with Crippen molar-refractivity contribution >= 4 is 29.1 Å². The standard InChI is InChI=1S/C20H25NO11S/c1-7-26-16(22)15(21-17(23)27-8-14-11(3)30-18(24)32-14)20(5,6)33-19(25)28-9-13-10(2)29-12(4)31-13/h15H,4,7-9H2,1-3,5-6H3,(H,21,23)/t15-/m0/s1. The number of rotatable bonds is 9. The summed E-state index contributed by atoms with van der Waals surface area (Å²) in [5, 5.41) is 1.64. The molecule has 1 atom stereocenters. The predicted octanol–water partition coefficient (Wildman–Crippen LogP) is 3.10. The van der Waals surface area contributed by atoms with Crippen molar-refractivity contribution in [1.82, 2.24) is 5.32 Å². The fraction of sp³-hybridized carbons (Fsp3) is 0.500. The van der Waals surface area contributed by atoms with Gasteiger partial charge in [-0.25, -0.2) is 19.2 Å². The predicted molar refractivity (Wildman–Crippen MR) is 113 cm³/mol. The molecule has 12 nitrogen and oxygen atoms in total. The van der Waals surface area contributed by atoms with E-state index in [-0.39, 0.29) is 36.4 Å². The first-order chi connectivity index (χ1) is 15.4. The number of carbonyl (C=O) groups is 3. The van der Waals surface area contributed by atoms with E-state index in [1.807, 2.05) is 0 Å². The Labute approximate surface area is 193 Å². The molecule has 182 valence electrons. The van der Waals surface area contributed by atoms with Crippen molar-refractivity contribution < 1.29 is 46.9 Å². The Morgan fingerprint density at radius 3 is 2.33 bits per heavy atom. The number of hydrogen-bond donors (Lipinski definition) is 1. The van der Waals surface area contributed by atoms with Crippen LogP contribution in [0.3, 0.4) is 0 Å². The molecule has 0 radical (unpaired) electrons. The van der Waals surface area contributed by atoms with Crippen LogP contribution >= 0.6 is 11.8 Å². The first kappa shape index (κ1) is 25.9. The van der Waals surface area contributed by atoms with Gasteiger partial charge in [-0.05, 0) is 53.0 Å². The summed E-state index contributed by atoms with van der Waals surface area (Å²) in [5.74, 6) is -0.776. The van der Waals surface area contributed by atoms with Crippen LogP contribution in [0.4, 0.5) is 9.59 Å². The Bertz CT molecular complexity index is 1000. The lowest BCUT2D eigenvalue weighted by Crippen LogP contribution is -2.53. The molecule has 0 fully saturated rings. The molecule has 0 saturated heterocycles. The maximum absolute atomic E-state index is 12.5. The van der Waals surface area contributed by atoms with Crippen LogP contribution in [0.15, 0.2) is 37.7 Å². The van der Waals surface area contributed by atoms with Gasteiger partial charge in [0.05, 0.1) is 11.4 Å². The number of esters is 1. The highest BCUT2D eigenvalue weighted by Crippen LogP contribution is 2.32. The molecule has 2 heterocycles. The minimum atomic E-state index is -1.29. The van der Waals surface area contributed by atoms with Gasteiger partial charge in [-0.1, -0.05) is 0 Å². The number of aryl methyl sites for hydroxylation is 1. The second kappa shape index (κ2) is 11.0. The van der Waals surface area contributed by atoms with Crippen molar-refractivity contribution in [3.63, 3.8) is 0 Å². The molecule has 1 aliphatic heterocycles. The number of nitrogens with one attached hydrogen (secondary N) is 1. The van der Waals surface area contributed by atoms with Crippen LogP contribution in [-0.2, 0) is 35.1 Å². The third kappa shape index (κ3) is 7.34. The van der Waals surface area contributed by atoms with Crippen molar-refractivity contribution in [1.29, 1.82) is 0 Å². The molecule has 1 amide bonds. The fourth-order valence-electron chi connectivity index (χ4n) is 2.56. The largest absolute Gasteiger partial charge is 0.519 e. The van der Waals surface area contributed by atoms with E-state index in [0.717, 1.165) is 0 Å². The van der Waals surface area contributed by atoms with Crippen LogP contribution in [0.2, 0.25) is 0 Å². The van der Waals surface area contributed by atoms with Gasteiger partial charge in [0.15, 0.2) is 30.5 Å². The number of thioether (sulfide) groups is 1. The smallest absolute Gasteiger partial charge is 0.464 e. The van der Waals surface area contributed by atoms with E-state index in [1.54, 1.807) is 27.7 Å². The van der Waals surface area contributed by atoms with Crippen LogP contribution in [0, 0.1) is 6.92 Å². The monoisotopic (exact) mass is 487 g/mol. The van der Waals surface area contributed by atoms with Crippen molar-refractivity contribution in [2.45, 2.75) is 52.0 Å². The van der Waals surface area contributed by atoms with Crippen molar-refractivity contribution in [3.8, 4) is 0 Å². The lowest BCUT2D eigenvalue weighted by atomic mass is 10.0. The van der Waals surface area contributed by atoms with Gasteiger partial charge in [0.25, 0.3) is 5.95 Å². The number of amides is 1. The Balaban J connectivity index is 2.00. The van der Waals surface area contributed by atoms with Crippen molar-refractivity contribution in [2.75, 3.05) is 13.2 Å². The van der Waals surface area contributed by atoms with E-state index < -0.39 is 40.6 Å². The summed E-state index contributed by atoms with van der Waals surface area (Å²) in [4.78, 5) is 48.2. The molecule has 33 heavy (non-hydrogen) atoms. The number of carbonyl (C=O) groups excluding carboxylic acids is 3. The Morgan fingerprint density at radius 1 is 1.09 bits per heavy atom. The van der Waals surface area contributed by atoms with E-state index in [0.29, 0.717) is 17.5 Å². The van der Waals surface area contributed by atoms with Crippen LogP contribution in [0.5, 0.6) is 0 Å². The van der Waals surface area contributed by atoms with Gasteiger partial charge in [0.1, 0.15) is 11.8 Å². The Morgan fingerprint density at radius 2 is 1.79 bits per heavy atom. The molecule has 2 rings (SSSR count). The summed E-state index contributed by atoms with van der Waals surface area (Å²) in [6.45, 7) is 10.7. The summed E-state index contributed by atoms with van der Waals surface area (Å²) < 4.78 is 33.7. The highest BCUT2D eigenvalue weighted by atomic mass is 32.2. The molecule has 0 aromatic carbocycles. The Kier molecular flexibility index (Phi) is 8.63. The topological polar surface area (TPSA) is 153 Å². The zero-order valence-electron chi connectivity index (χ0n) is 18.8. The van der Waals surface area contributed by atoms with Gasteiger partial charge in [-0.15, -0.1) is 0 Å². The van der Waals surface area contributed by atoms with E-state index in [1.165, 1.54) is 6.92 Å². The van der Waals surface area contributed by atoms with E-state index >= 15 is 0 Å². The average molecular weight is 487 g/mol. The van der Waals surface area contributed by atoms with E-state index in [2.05, 4.69) is 16.3 Å². The summed E-state index contributed by atoms with van der Waals surface area (Å²) in [6, 6.07) is -1.29. The molecule has 0 spiro atoms. The molecular formula is C20H25NO11S. The van der Waals surface area contributed by atoms with Gasteiger partial charge >= 0.3 is 23.2 Å². The SMILES string of the molecule is C=C1OC(C)=C(COC(=O)SC(C)(C)[C@@H](NC(=O)OCc2oc(=O)oc2C)C(=O)OCC)O1. The quantitative estimate of drug-likeness (QED) is 0.402. The second-order valence-corrected chi connectivity index (χ2v) is 8.73. The normalized spacial score (nSPS) is 14.3. The molecule has 1 aromatic rings. The zero-order chi connectivity index (χ0) is 24.8. The van der Waals surface area contributed by atoms with Crippen LogP contribution in [-0.4, -0.2) is 41.4 Å². The second-order valence-electron chi connectivity index (χ2n) is 7.14. The van der Waals surface area contributed by atoms with Crippen molar-refractivity contribution in [3.05, 3.63) is 46.2 Å². The van der Waals surface area contributed by atoms with E-state index in [9.17, 15) is 19.2 Å². The van der Waals surface area contributed by atoms with Crippen molar-refractivity contribution in [2.24, 2.45) is 0 Å². The summed E-state index contributed by atoms with van der Waals surface area (Å²) in [7, 11) is 0. The Hall–Kier alpha value is -3.35. The number of hydrogen-bond acceptors (Lipinski definition) is 12. The summed E-state index contributed by atoms with van der Waals surface area (Å²) in [6.07, 6.45) is -1.01.